The summed E-state index contributed by atoms with van der Waals surface area (Å²) in [6.45, 7) is 4.65. The third kappa shape index (κ3) is 3.46. The summed E-state index contributed by atoms with van der Waals surface area (Å²) in [5.74, 6) is 1.70. The van der Waals surface area contributed by atoms with Gasteiger partial charge in [-0.1, -0.05) is 33.1 Å². The highest BCUT2D eigenvalue weighted by Gasteiger charge is 2.17. The summed E-state index contributed by atoms with van der Waals surface area (Å²) < 4.78 is 0. The van der Waals surface area contributed by atoms with Crippen LogP contribution in [-0.2, 0) is 0 Å². The molecule has 0 aromatic rings. The molecule has 0 amide bonds. The van der Waals surface area contributed by atoms with Crippen molar-refractivity contribution in [3.63, 3.8) is 0 Å². The fourth-order valence-electron chi connectivity index (χ4n) is 2.02. The first kappa shape index (κ1) is 9.38. The Bertz CT molecular complexity index is 99.4. The quantitative estimate of drug-likeness (QED) is 0.490. The molecule has 0 aliphatic heterocycles. The van der Waals surface area contributed by atoms with Crippen LogP contribution in [0.3, 0.4) is 0 Å². The normalized spacial score (nSPS) is 41.2. The van der Waals surface area contributed by atoms with Crippen LogP contribution < -0.4 is 0 Å². The van der Waals surface area contributed by atoms with Crippen molar-refractivity contribution in [2.24, 2.45) is 11.8 Å². The van der Waals surface area contributed by atoms with Gasteiger partial charge >= 0.3 is 0 Å². The van der Waals surface area contributed by atoms with Crippen molar-refractivity contribution in [2.75, 3.05) is 0 Å². The molecule has 0 saturated heterocycles. The first-order chi connectivity index (χ1) is 5.18. The van der Waals surface area contributed by atoms with E-state index in [1.807, 2.05) is 0 Å². The molecular formula is C10H19Cl. The van der Waals surface area contributed by atoms with Crippen molar-refractivity contribution >= 4 is 11.6 Å². The minimum absolute atomic E-state index is 0.445. The first-order valence-corrected chi connectivity index (χ1v) is 5.26. The Morgan fingerprint density at radius 3 is 1.91 bits per heavy atom. The molecule has 66 valence electrons. The van der Waals surface area contributed by atoms with E-state index in [1.165, 1.54) is 32.1 Å². The lowest BCUT2D eigenvalue weighted by atomic mass is 9.87. The summed E-state index contributed by atoms with van der Waals surface area (Å²) >= 11 is 6.18. The minimum Gasteiger partial charge on any atom is -0.123 e. The molecule has 1 rings (SSSR count). The van der Waals surface area contributed by atoms with Gasteiger partial charge < -0.3 is 0 Å². The fraction of sp³-hybridized carbons (Fsp3) is 1.00. The average Bonchev–Trinajstić information content (AvgIpc) is 1.83. The van der Waals surface area contributed by atoms with Gasteiger partial charge in [-0.2, -0.15) is 0 Å². The SMILES string of the molecule is CC1CCCC(C)CC(Cl)C1. The third-order valence-electron chi connectivity index (χ3n) is 2.71. The highest BCUT2D eigenvalue weighted by molar-refractivity contribution is 6.20. The van der Waals surface area contributed by atoms with E-state index in [0.29, 0.717) is 5.38 Å². The van der Waals surface area contributed by atoms with Crippen LogP contribution in [0.15, 0.2) is 0 Å². The summed E-state index contributed by atoms with van der Waals surface area (Å²) in [5, 5.41) is 0.445. The second-order valence-electron chi connectivity index (χ2n) is 4.21. The Labute approximate surface area is 75.3 Å². The maximum atomic E-state index is 6.18. The van der Waals surface area contributed by atoms with Gasteiger partial charge in [0.05, 0.1) is 0 Å². The maximum Gasteiger partial charge on any atom is 0.0341 e. The molecule has 2 unspecified atom stereocenters. The second kappa shape index (κ2) is 4.35. The van der Waals surface area contributed by atoms with E-state index in [4.69, 9.17) is 11.6 Å². The molecule has 0 radical (unpaired) electrons. The van der Waals surface area contributed by atoms with Gasteiger partial charge in [-0.05, 0) is 24.7 Å². The zero-order chi connectivity index (χ0) is 8.27. The van der Waals surface area contributed by atoms with Crippen LogP contribution >= 0.6 is 11.6 Å². The van der Waals surface area contributed by atoms with Gasteiger partial charge in [0.2, 0.25) is 0 Å². The van der Waals surface area contributed by atoms with Gasteiger partial charge in [0.1, 0.15) is 0 Å². The molecule has 1 fully saturated rings. The highest BCUT2D eigenvalue weighted by Crippen LogP contribution is 2.28. The lowest BCUT2D eigenvalue weighted by Crippen LogP contribution is -2.14. The van der Waals surface area contributed by atoms with Crippen LogP contribution in [-0.4, -0.2) is 5.38 Å². The molecule has 0 spiro atoms. The van der Waals surface area contributed by atoms with Gasteiger partial charge in [-0.25, -0.2) is 0 Å². The van der Waals surface area contributed by atoms with E-state index in [1.54, 1.807) is 0 Å². The molecule has 0 aromatic carbocycles. The predicted molar refractivity (Wildman–Crippen MR) is 51.1 cm³/mol. The van der Waals surface area contributed by atoms with Crippen molar-refractivity contribution in [3.8, 4) is 0 Å². The second-order valence-corrected chi connectivity index (χ2v) is 4.83. The van der Waals surface area contributed by atoms with E-state index in [0.717, 1.165) is 11.8 Å². The Balaban J connectivity index is 2.34. The molecule has 0 heterocycles. The van der Waals surface area contributed by atoms with E-state index in [2.05, 4.69) is 13.8 Å². The lowest BCUT2D eigenvalue weighted by Gasteiger charge is -2.23. The van der Waals surface area contributed by atoms with Gasteiger partial charge in [0.25, 0.3) is 0 Å². The van der Waals surface area contributed by atoms with E-state index in [9.17, 15) is 0 Å². The zero-order valence-electron chi connectivity index (χ0n) is 7.65. The Kier molecular flexibility index (Phi) is 3.71. The standard InChI is InChI=1S/C10H19Cl/c1-8-4-3-5-9(2)7-10(11)6-8/h8-10H,3-7H2,1-2H3. The molecule has 1 aliphatic rings. The largest absolute Gasteiger partial charge is 0.123 e. The van der Waals surface area contributed by atoms with Gasteiger partial charge in [-0.15, -0.1) is 11.6 Å². The van der Waals surface area contributed by atoms with Crippen molar-refractivity contribution in [1.29, 1.82) is 0 Å². The monoisotopic (exact) mass is 174 g/mol. The van der Waals surface area contributed by atoms with E-state index < -0.39 is 0 Å². The summed E-state index contributed by atoms with van der Waals surface area (Å²) in [5.41, 5.74) is 0. The first-order valence-electron chi connectivity index (χ1n) is 4.82. The van der Waals surface area contributed by atoms with Crippen LogP contribution in [0.5, 0.6) is 0 Å². The zero-order valence-corrected chi connectivity index (χ0v) is 8.40. The van der Waals surface area contributed by atoms with Crippen molar-refractivity contribution < 1.29 is 0 Å². The lowest BCUT2D eigenvalue weighted by molar-refractivity contribution is 0.350. The fourth-order valence-corrected chi connectivity index (χ4v) is 2.63. The molecule has 0 N–H and O–H groups in total. The van der Waals surface area contributed by atoms with Gasteiger partial charge in [-0.3, -0.25) is 0 Å². The van der Waals surface area contributed by atoms with Crippen LogP contribution in [0.2, 0.25) is 0 Å². The van der Waals surface area contributed by atoms with Crippen LogP contribution in [0.4, 0.5) is 0 Å². The maximum absolute atomic E-state index is 6.18. The third-order valence-corrected chi connectivity index (χ3v) is 3.07. The molecule has 0 aromatic heterocycles. The number of alkyl halides is 1. The number of hydrogen-bond acceptors (Lipinski definition) is 0. The molecule has 1 aliphatic carbocycles. The summed E-state index contributed by atoms with van der Waals surface area (Å²) in [4.78, 5) is 0. The smallest absolute Gasteiger partial charge is 0.0341 e. The molecule has 0 nitrogen and oxygen atoms in total. The van der Waals surface area contributed by atoms with Crippen LogP contribution in [0.25, 0.3) is 0 Å². The number of rotatable bonds is 0. The molecule has 0 bridgehead atoms. The molecule has 11 heavy (non-hydrogen) atoms. The number of halogens is 1. The van der Waals surface area contributed by atoms with Gasteiger partial charge in [0, 0.05) is 5.38 Å². The van der Waals surface area contributed by atoms with Gasteiger partial charge in [0.15, 0.2) is 0 Å². The minimum atomic E-state index is 0.445. The average molecular weight is 175 g/mol. The molecule has 2 atom stereocenters. The predicted octanol–water partition coefficient (Wildman–Crippen LogP) is 3.83. The number of hydrogen-bond donors (Lipinski definition) is 0. The van der Waals surface area contributed by atoms with Crippen molar-refractivity contribution in [3.05, 3.63) is 0 Å². The summed E-state index contributed by atoms with van der Waals surface area (Å²) in [6, 6.07) is 0. The molecular weight excluding hydrogens is 156 g/mol. The topological polar surface area (TPSA) is 0 Å². The highest BCUT2D eigenvalue weighted by atomic mass is 35.5. The Hall–Kier alpha value is 0.290. The van der Waals surface area contributed by atoms with E-state index >= 15 is 0 Å². The van der Waals surface area contributed by atoms with Crippen molar-refractivity contribution in [2.45, 2.75) is 51.3 Å². The molecule has 1 heteroatoms. The van der Waals surface area contributed by atoms with E-state index in [-0.39, 0.29) is 0 Å². The van der Waals surface area contributed by atoms with Crippen molar-refractivity contribution in [1.82, 2.24) is 0 Å². The van der Waals surface area contributed by atoms with Crippen LogP contribution in [0, 0.1) is 11.8 Å². The Morgan fingerprint density at radius 1 is 1.00 bits per heavy atom. The molecule has 1 saturated carbocycles. The van der Waals surface area contributed by atoms with Crippen LogP contribution in [0.1, 0.15) is 46.0 Å². The Morgan fingerprint density at radius 2 is 1.45 bits per heavy atom. The summed E-state index contributed by atoms with van der Waals surface area (Å²) in [7, 11) is 0. The summed E-state index contributed by atoms with van der Waals surface area (Å²) in [6.07, 6.45) is 6.63.